The van der Waals surface area contributed by atoms with Crippen LogP contribution in [0.5, 0.6) is 0 Å². The van der Waals surface area contributed by atoms with Crippen molar-refractivity contribution in [2.75, 3.05) is 0 Å². The van der Waals surface area contributed by atoms with E-state index in [2.05, 4.69) is 15.1 Å². The molecule has 0 N–H and O–H groups in total. The van der Waals surface area contributed by atoms with Crippen molar-refractivity contribution in [3.8, 4) is 10.6 Å². The zero-order chi connectivity index (χ0) is 18.1. The fraction of sp³-hybridized carbons (Fsp3) is 0. The summed E-state index contributed by atoms with van der Waals surface area (Å²) in [6.07, 6.45) is 7.06. The fourth-order valence-electron chi connectivity index (χ4n) is 2.34. The Balaban J connectivity index is 1.76. The molecule has 0 saturated carbocycles. The highest BCUT2D eigenvalue weighted by Crippen LogP contribution is 2.32. The summed E-state index contributed by atoms with van der Waals surface area (Å²) in [5.41, 5.74) is 1.93. The molecule has 8 heteroatoms. The highest BCUT2D eigenvalue weighted by Gasteiger charge is 2.12. The van der Waals surface area contributed by atoms with Crippen molar-refractivity contribution in [2.45, 2.75) is 0 Å². The lowest BCUT2D eigenvalue weighted by molar-refractivity contribution is 0.901. The first-order valence-electron chi connectivity index (χ1n) is 7.54. The first-order valence-corrected chi connectivity index (χ1v) is 9.12. The van der Waals surface area contributed by atoms with Gasteiger partial charge in [0.05, 0.1) is 10.7 Å². The van der Waals surface area contributed by atoms with E-state index >= 15 is 0 Å². The van der Waals surface area contributed by atoms with Crippen LogP contribution in [0.2, 0.25) is 10.0 Å². The fourth-order valence-corrected chi connectivity index (χ4v) is 3.85. The van der Waals surface area contributed by atoms with Crippen LogP contribution < -0.4 is 5.56 Å². The van der Waals surface area contributed by atoms with E-state index in [1.165, 1.54) is 21.9 Å². The van der Waals surface area contributed by atoms with Gasteiger partial charge in [0, 0.05) is 29.0 Å². The third-order valence-electron chi connectivity index (χ3n) is 3.56. The Labute approximate surface area is 162 Å². The smallest absolute Gasteiger partial charge is 0.267 e. The van der Waals surface area contributed by atoms with Gasteiger partial charge in [-0.15, -0.1) is 0 Å². The Bertz CT molecular complexity index is 1180. The number of pyridine rings is 1. The summed E-state index contributed by atoms with van der Waals surface area (Å²) in [5.74, 6) is 0. The van der Waals surface area contributed by atoms with E-state index in [-0.39, 0.29) is 5.56 Å². The van der Waals surface area contributed by atoms with Crippen LogP contribution in [-0.4, -0.2) is 19.6 Å². The average molecular weight is 401 g/mol. The molecule has 5 nitrogen and oxygen atoms in total. The largest absolute Gasteiger partial charge is 0.275 e. The van der Waals surface area contributed by atoms with Crippen LogP contribution in [0.25, 0.3) is 27.7 Å². The topological polar surface area (TPSA) is 60.2 Å². The minimum absolute atomic E-state index is 0.256. The van der Waals surface area contributed by atoms with Gasteiger partial charge in [-0.05, 0) is 35.9 Å². The molecule has 1 aromatic carbocycles. The van der Waals surface area contributed by atoms with E-state index < -0.39 is 0 Å². The molecule has 26 heavy (non-hydrogen) atoms. The van der Waals surface area contributed by atoms with Gasteiger partial charge in [-0.3, -0.25) is 9.78 Å². The van der Waals surface area contributed by atoms with Gasteiger partial charge < -0.3 is 0 Å². The minimum atomic E-state index is -0.256. The zero-order valence-electron chi connectivity index (χ0n) is 13.1. The Morgan fingerprint density at radius 2 is 2.00 bits per heavy atom. The van der Waals surface area contributed by atoms with Crippen LogP contribution in [0.1, 0.15) is 11.3 Å². The SMILES string of the molecule is O=c1cc(C=Cc2cccnc2)nc2sc(-c3ccc(Cl)cc3Cl)nn12. The predicted octanol–water partition coefficient (Wildman–Crippen LogP) is 4.69. The number of benzene rings is 1. The van der Waals surface area contributed by atoms with Gasteiger partial charge in [-0.2, -0.15) is 9.61 Å². The van der Waals surface area contributed by atoms with Crippen LogP contribution in [0.4, 0.5) is 0 Å². The van der Waals surface area contributed by atoms with Gasteiger partial charge in [0.1, 0.15) is 5.01 Å². The van der Waals surface area contributed by atoms with Gasteiger partial charge in [0.25, 0.3) is 5.56 Å². The molecule has 0 aliphatic rings. The van der Waals surface area contributed by atoms with Crippen LogP contribution in [0.3, 0.4) is 0 Å². The first-order chi connectivity index (χ1) is 12.6. The lowest BCUT2D eigenvalue weighted by atomic mass is 10.2. The van der Waals surface area contributed by atoms with Gasteiger partial charge in [-0.1, -0.05) is 46.7 Å². The molecule has 0 aliphatic heterocycles. The number of fused-ring (bicyclic) bond motifs is 1. The van der Waals surface area contributed by atoms with Gasteiger partial charge in [0.2, 0.25) is 4.96 Å². The summed E-state index contributed by atoms with van der Waals surface area (Å²) >= 11 is 13.5. The van der Waals surface area contributed by atoms with Gasteiger partial charge in [-0.25, -0.2) is 4.98 Å². The molecule has 4 aromatic rings. The monoisotopic (exact) mass is 400 g/mol. The number of hydrogen-bond acceptors (Lipinski definition) is 5. The van der Waals surface area contributed by atoms with Gasteiger partial charge in [0.15, 0.2) is 0 Å². The molecule has 128 valence electrons. The van der Waals surface area contributed by atoms with Crippen molar-refractivity contribution < 1.29 is 0 Å². The highest BCUT2D eigenvalue weighted by atomic mass is 35.5. The predicted molar refractivity (Wildman–Crippen MR) is 106 cm³/mol. The summed E-state index contributed by atoms with van der Waals surface area (Å²) in [6, 6.07) is 10.3. The van der Waals surface area contributed by atoms with Crippen molar-refractivity contribution in [2.24, 2.45) is 0 Å². The third kappa shape index (κ3) is 3.39. The molecular formula is C18H10Cl2N4OS. The molecular weight excluding hydrogens is 391 g/mol. The molecule has 3 heterocycles. The van der Waals surface area contributed by atoms with E-state index in [0.29, 0.717) is 31.3 Å². The van der Waals surface area contributed by atoms with Crippen LogP contribution in [0, 0.1) is 0 Å². The number of hydrogen-bond donors (Lipinski definition) is 0. The standard InChI is InChI=1S/C18H10Cl2N4OS/c19-12-4-6-14(15(20)8-12)17-23-24-16(25)9-13(22-18(24)26-17)5-3-11-2-1-7-21-10-11/h1-10H. The summed E-state index contributed by atoms with van der Waals surface area (Å²) in [5, 5.41) is 5.95. The molecule has 0 unspecified atom stereocenters. The Morgan fingerprint density at radius 3 is 2.77 bits per heavy atom. The molecule has 0 atom stereocenters. The lowest BCUT2D eigenvalue weighted by Crippen LogP contribution is -2.14. The maximum Gasteiger partial charge on any atom is 0.275 e. The highest BCUT2D eigenvalue weighted by molar-refractivity contribution is 7.19. The lowest BCUT2D eigenvalue weighted by Gasteiger charge is -1.99. The molecule has 0 spiro atoms. The first kappa shape index (κ1) is 16.9. The van der Waals surface area contributed by atoms with Crippen molar-refractivity contribution in [3.63, 3.8) is 0 Å². The molecule has 0 aliphatic carbocycles. The normalized spacial score (nSPS) is 11.5. The minimum Gasteiger partial charge on any atom is -0.267 e. The Kier molecular flexibility index (Phi) is 4.55. The summed E-state index contributed by atoms with van der Waals surface area (Å²) < 4.78 is 1.27. The Hall–Kier alpha value is -2.54. The van der Waals surface area contributed by atoms with Crippen molar-refractivity contribution in [1.82, 2.24) is 19.6 Å². The molecule has 0 bridgehead atoms. The number of nitrogens with zero attached hydrogens (tertiary/aromatic N) is 4. The Morgan fingerprint density at radius 1 is 1.12 bits per heavy atom. The molecule has 0 fully saturated rings. The average Bonchev–Trinajstić information content (AvgIpc) is 3.05. The molecule has 0 saturated heterocycles. The second kappa shape index (κ2) is 6.99. The molecule has 0 amide bonds. The van der Waals surface area contributed by atoms with E-state index in [4.69, 9.17) is 23.2 Å². The number of halogens is 2. The van der Waals surface area contributed by atoms with Crippen LogP contribution >= 0.6 is 34.5 Å². The van der Waals surface area contributed by atoms with Gasteiger partial charge >= 0.3 is 0 Å². The second-order valence-electron chi connectivity index (χ2n) is 5.36. The molecule has 3 aromatic heterocycles. The summed E-state index contributed by atoms with van der Waals surface area (Å²) in [6.45, 7) is 0. The van der Waals surface area contributed by atoms with Crippen molar-refractivity contribution >= 4 is 51.7 Å². The van der Waals surface area contributed by atoms with E-state index in [1.807, 2.05) is 18.2 Å². The summed E-state index contributed by atoms with van der Waals surface area (Å²) in [7, 11) is 0. The van der Waals surface area contributed by atoms with E-state index in [0.717, 1.165) is 5.56 Å². The van der Waals surface area contributed by atoms with E-state index in [9.17, 15) is 4.79 Å². The molecule has 0 radical (unpaired) electrons. The van der Waals surface area contributed by atoms with Crippen molar-refractivity contribution in [3.05, 3.63) is 80.4 Å². The number of aromatic nitrogens is 4. The second-order valence-corrected chi connectivity index (χ2v) is 7.16. The van der Waals surface area contributed by atoms with E-state index in [1.54, 1.807) is 36.7 Å². The molecule has 4 rings (SSSR count). The van der Waals surface area contributed by atoms with Crippen LogP contribution in [-0.2, 0) is 0 Å². The van der Waals surface area contributed by atoms with Crippen LogP contribution in [0.15, 0.2) is 53.6 Å². The number of rotatable bonds is 3. The third-order valence-corrected chi connectivity index (χ3v) is 5.05. The zero-order valence-corrected chi connectivity index (χ0v) is 15.5. The quantitative estimate of drug-likeness (QED) is 0.500. The van der Waals surface area contributed by atoms with Crippen molar-refractivity contribution in [1.29, 1.82) is 0 Å². The summed E-state index contributed by atoms with van der Waals surface area (Å²) in [4.78, 5) is 21.4. The maximum absolute atomic E-state index is 12.4. The maximum atomic E-state index is 12.4.